The molecule has 29 heavy (non-hydrogen) atoms. The summed E-state index contributed by atoms with van der Waals surface area (Å²) in [5.41, 5.74) is 5.62. The summed E-state index contributed by atoms with van der Waals surface area (Å²) in [6.45, 7) is 6.72. The highest BCUT2D eigenvalue weighted by atomic mass is 16.2. The van der Waals surface area contributed by atoms with Crippen LogP contribution in [0, 0.1) is 5.92 Å². The first kappa shape index (κ1) is 16.8. The Labute approximate surface area is 169 Å². The van der Waals surface area contributed by atoms with Gasteiger partial charge >= 0.3 is 0 Å². The molecule has 1 saturated heterocycles. The van der Waals surface area contributed by atoms with Crippen molar-refractivity contribution in [3.8, 4) is 0 Å². The molecular weight excluding hydrogens is 360 g/mol. The number of likely N-dealkylation sites (tertiary alicyclic amines) is 1. The third kappa shape index (κ3) is 2.14. The second kappa shape index (κ2) is 5.47. The fraction of sp³-hybridized carbons (Fsp3) is 0.280. The number of fused-ring (bicyclic) bond motifs is 2. The Balaban J connectivity index is 1.37. The lowest BCUT2D eigenvalue weighted by molar-refractivity contribution is 0.0659. The Kier molecular flexibility index (Phi) is 3.17. The van der Waals surface area contributed by atoms with E-state index >= 15 is 0 Å². The van der Waals surface area contributed by atoms with Gasteiger partial charge in [-0.25, -0.2) is 0 Å². The van der Waals surface area contributed by atoms with Gasteiger partial charge < -0.3 is 9.88 Å². The average molecular weight is 382 g/mol. The Hall–Kier alpha value is -3.14. The lowest BCUT2D eigenvalue weighted by Gasteiger charge is -2.36. The molecule has 1 saturated carbocycles. The zero-order valence-corrected chi connectivity index (χ0v) is 16.4. The Morgan fingerprint density at radius 3 is 2.86 bits per heavy atom. The van der Waals surface area contributed by atoms with E-state index in [4.69, 9.17) is 0 Å². The van der Waals surface area contributed by atoms with Gasteiger partial charge in [-0.2, -0.15) is 0 Å². The summed E-state index contributed by atoms with van der Waals surface area (Å²) in [5.74, 6) is 0.622. The van der Waals surface area contributed by atoms with E-state index in [1.807, 2.05) is 48.2 Å². The van der Waals surface area contributed by atoms with Crippen molar-refractivity contribution >= 4 is 28.2 Å². The number of hydrogen-bond donors (Lipinski definition) is 1. The predicted octanol–water partition coefficient (Wildman–Crippen LogP) is 4.57. The Morgan fingerprint density at radius 2 is 2.03 bits per heavy atom. The molecule has 0 bridgehead atoms. The lowest BCUT2D eigenvalue weighted by Crippen LogP contribution is -2.46. The molecule has 1 aliphatic heterocycles. The number of benzene rings is 2. The number of nitrogens with one attached hydrogen (secondary N) is 1. The summed E-state index contributed by atoms with van der Waals surface area (Å²) in [6.07, 6.45) is 1.51. The second-order valence-corrected chi connectivity index (χ2v) is 8.85. The number of Topliss-reactive ketones (excluding diaryl/α,β-unsaturated/α-hetero) is 1. The monoisotopic (exact) mass is 382 g/mol. The van der Waals surface area contributed by atoms with E-state index in [1.54, 1.807) is 0 Å². The minimum absolute atomic E-state index is 0.00170. The summed E-state index contributed by atoms with van der Waals surface area (Å²) < 4.78 is 0. The van der Waals surface area contributed by atoms with Gasteiger partial charge in [0.05, 0.1) is 0 Å². The number of carbonyl (C=O) groups is 2. The van der Waals surface area contributed by atoms with E-state index in [0.717, 1.165) is 46.1 Å². The third-order valence-electron chi connectivity index (χ3n) is 7.25. The van der Waals surface area contributed by atoms with Gasteiger partial charge in [0.15, 0.2) is 5.78 Å². The van der Waals surface area contributed by atoms with Gasteiger partial charge in [-0.05, 0) is 48.6 Å². The van der Waals surface area contributed by atoms with Gasteiger partial charge in [-0.1, -0.05) is 42.5 Å². The number of H-pyrrole nitrogens is 1. The number of ketones is 1. The van der Waals surface area contributed by atoms with Gasteiger partial charge in [-0.15, -0.1) is 0 Å². The number of piperidine rings is 1. The van der Waals surface area contributed by atoms with Crippen LogP contribution in [0.25, 0.3) is 16.5 Å². The quantitative estimate of drug-likeness (QED) is 0.706. The number of aromatic amines is 1. The van der Waals surface area contributed by atoms with Gasteiger partial charge in [0.2, 0.25) is 0 Å². The van der Waals surface area contributed by atoms with Crippen molar-refractivity contribution in [2.24, 2.45) is 5.92 Å². The van der Waals surface area contributed by atoms with Gasteiger partial charge in [-0.3, -0.25) is 9.59 Å². The largest absolute Gasteiger partial charge is 0.351 e. The van der Waals surface area contributed by atoms with Crippen molar-refractivity contribution in [1.29, 1.82) is 0 Å². The highest BCUT2D eigenvalue weighted by Crippen LogP contribution is 2.65. The molecule has 2 fully saturated rings. The molecule has 144 valence electrons. The summed E-state index contributed by atoms with van der Waals surface area (Å²) in [6, 6.07) is 16.0. The first-order chi connectivity index (χ1) is 14.0. The molecule has 0 radical (unpaired) electrons. The number of nitrogens with zero attached hydrogens (tertiary/aromatic N) is 1. The smallest absolute Gasteiger partial charge is 0.270 e. The number of allylic oxidation sites excluding steroid dienone is 1. The molecule has 1 N–H and O–H groups in total. The highest BCUT2D eigenvalue weighted by Gasteiger charge is 2.69. The van der Waals surface area contributed by atoms with Crippen LogP contribution in [0.1, 0.15) is 51.7 Å². The van der Waals surface area contributed by atoms with Crippen molar-refractivity contribution in [2.75, 3.05) is 6.54 Å². The minimum atomic E-state index is -0.0280. The molecular formula is C25H22N2O2. The molecule has 1 unspecified atom stereocenters. The fourth-order valence-corrected chi connectivity index (χ4v) is 5.74. The maximum atomic E-state index is 13.4. The number of carbonyl (C=O) groups excluding carboxylic acids is 2. The van der Waals surface area contributed by atoms with Gasteiger partial charge in [0, 0.05) is 40.9 Å². The van der Waals surface area contributed by atoms with E-state index in [-0.39, 0.29) is 23.1 Å². The summed E-state index contributed by atoms with van der Waals surface area (Å²) in [5, 5.41) is 1.01. The molecule has 6 rings (SSSR count). The Bertz CT molecular complexity index is 1240. The molecule has 1 spiro atoms. The maximum Gasteiger partial charge on any atom is 0.270 e. The van der Waals surface area contributed by atoms with Gasteiger partial charge in [0.25, 0.3) is 5.91 Å². The molecule has 2 aromatic carbocycles. The number of hydrogen-bond acceptors (Lipinski definition) is 2. The average Bonchev–Trinajstić information content (AvgIpc) is 3.12. The number of aromatic nitrogens is 1. The standard InChI is InChI=1S/C25H22N2O2/c1-14(2)15-7-8-20-16(9-15)10-21(26-20)24(29)27-13-17-12-25(17)19-6-4-3-5-18(19)22(28)11-23(25)27/h3-10,17,23,26H,1,11-13H2,2H3/t17-,23?,25-/m1/s1. The predicted molar refractivity (Wildman–Crippen MR) is 113 cm³/mol. The second-order valence-electron chi connectivity index (χ2n) is 8.85. The van der Waals surface area contributed by atoms with Crippen LogP contribution in [0.2, 0.25) is 0 Å². The van der Waals surface area contributed by atoms with E-state index in [2.05, 4.69) is 23.7 Å². The topological polar surface area (TPSA) is 53.2 Å². The molecule has 2 aliphatic carbocycles. The van der Waals surface area contributed by atoms with E-state index in [0.29, 0.717) is 18.0 Å². The highest BCUT2D eigenvalue weighted by molar-refractivity contribution is 6.03. The van der Waals surface area contributed by atoms with Crippen molar-refractivity contribution in [3.63, 3.8) is 0 Å². The SMILES string of the molecule is C=C(C)c1ccc2[nH]c(C(=O)N3C[C@H]4C[C@]45c4ccccc4C(=O)CC35)cc2c1. The first-order valence-electron chi connectivity index (χ1n) is 10.2. The maximum absolute atomic E-state index is 13.4. The van der Waals surface area contributed by atoms with Crippen molar-refractivity contribution < 1.29 is 9.59 Å². The van der Waals surface area contributed by atoms with E-state index in [9.17, 15) is 9.59 Å². The van der Waals surface area contributed by atoms with E-state index in [1.165, 1.54) is 0 Å². The lowest BCUT2D eigenvalue weighted by atomic mass is 9.75. The molecule has 4 heteroatoms. The van der Waals surface area contributed by atoms with Crippen LogP contribution in [0.3, 0.4) is 0 Å². The Morgan fingerprint density at radius 1 is 1.21 bits per heavy atom. The van der Waals surface area contributed by atoms with Crippen LogP contribution in [-0.4, -0.2) is 34.2 Å². The van der Waals surface area contributed by atoms with Crippen LogP contribution in [0.5, 0.6) is 0 Å². The number of amides is 1. The summed E-state index contributed by atoms with van der Waals surface area (Å²) >= 11 is 0. The van der Waals surface area contributed by atoms with Crippen molar-refractivity contribution in [3.05, 3.63) is 77.5 Å². The van der Waals surface area contributed by atoms with Crippen LogP contribution >= 0.6 is 0 Å². The first-order valence-corrected chi connectivity index (χ1v) is 10.2. The molecule has 3 atom stereocenters. The van der Waals surface area contributed by atoms with Crippen LogP contribution in [0.4, 0.5) is 0 Å². The molecule has 1 amide bonds. The number of rotatable bonds is 2. The summed E-state index contributed by atoms with van der Waals surface area (Å²) in [7, 11) is 0. The summed E-state index contributed by atoms with van der Waals surface area (Å²) in [4.78, 5) is 31.5. The van der Waals surface area contributed by atoms with Crippen LogP contribution in [-0.2, 0) is 5.41 Å². The van der Waals surface area contributed by atoms with Crippen molar-refractivity contribution in [2.45, 2.75) is 31.2 Å². The molecule has 4 nitrogen and oxygen atoms in total. The zero-order valence-electron chi connectivity index (χ0n) is 16.4. The molecule has 2 heterocycles. The zero-order chi connectivity index (χ0) is 19.9. The molecule has 3 aliphatic rings. The van der Waals surface area contributed by atoms with Gasteiger partial charge in [0.1, 0.15) is 5.69 Å². The minimum Gasteiger partial charge on any atom is -0.351 e. The van der Waals surface area contributed by atoms with Crippen molar-refractivity contribution in [1.82, 2.24) is 9.88 Å². The molecule has 1 aromatic heterocycles. The fourth-order valence-electron chi connectivity index (χ4n) is 5.74. The molecule has 3 aromatic rings. The normalized spacial score (nSPS) is 26.8. The van der Waals surface area contributed by atoms with Crippen LogP contribution < -0.4 is 0 Å². The van der Waals surface area contributed by atoms with E-state index < -0.39 is 0 Å². The van der Waals surface area contributed by atoms with Crippen LogP contribution in [0.15, 0.2) is 55.1 Å². The third-order valence-corrected chi connectivity index (χ3v) is 7.25.